The lowest BCUT2D eigenvalue weighted by atomic mass is 10.2. The molecule has 1 atom stereocenters. The van der Waals surface area contributed by atoms with Crippen molar-refractivity contribution in [2.45, 2.75) is 31.8 Å². The van der Waals surface area contributed by atoms with Crippen LogP contribution in [0.3, 0.4) is 0 Å². The average Bonchev–Trinajstić information content (AvgIpc) is 3.39. The lowest BCUT2D eigenvalue weighted by Crippen LogP contribution is -2.55. The summed E-state index contributed by atoms with van der Waals surface area (Å²) < 4.78 is 0. The zero-order valence-electron chi connectivity index (χ0n) is 13.9. The lowest BCUT2D eigenvalue weighted by Gasteiger charge is -2.38. The number of aromatic hydroxyl groups is 1. The SMILES string of the molecule is CC(C(=O)NC(=O)NC1CC1)N1CCN(c2ccc(O)cc2)CC1. The molecule has 0 spiro atoms. The Morgan fingerprint density at radius 1 is 1.12 bits per heavy atom. The Bertz CT molecular complexity index is 592. The molecule has 1 saturated carbocycles. The number of hydrogen-bond acceptors (Lipinski definition) is 5. The number of benzene rings is 1. The third-order valence-electron chi connectivity index (χ3n) is 4.61. The van der Waals surface area contributed by atoms with Crippen LogP contribution in [0, 0.1) is 0 Å². The molecule has 0 aromatic heterocycles. The van der Waals surface area contributed by atoms with Crippen molar-refractivity contribution in [3.8, 4) is 5.75 Å². The second-order valence-corrected chi connectivity index (χ2v) is 6.45. The maximum absolute atomic E-state index is 12.2. The molecule has 7 heteroatoms. The number of phenols is 1. The molecule has 130 valence electrons. The number of urea groups is 1. The van der Waals surface area contributed by atoms with Crippen LogP contribution in [0.25, 0.3) is 0 Å². The first-order valence-corrected chi connectivity index (χ1v) is 8.42. The lowest BCUT2D eigenvalue weighted by molar-refractivity contribution is -0.124. The standard InChI is InChI=1S/C17H24N4O3/c1-12(16(23)19-17(24)18-13-2-3-13)20-8-10-21(11-9-20)14-4-6-15(22)7-5-14/h4-7,12-13,22H,2-3,8-11H2,1H3,(H2,18,19,23,24). The van der Waals surface area contributed by atoms with Gasteiger partial charge in [-0.3, -0.25) is 15.0 Å². The Morgan fingerprint density at radius 2 is 1.75 bits per heavy atom. The number of anilines is 1. The van der Waals surface area contributed by atoms with Gasteiger partial charge < -0.3 is 15.3 Å². The molecule has 3 amide bonds. The van der Waals surface area contributed by atoms with E-state index in [-0.39, 0.29) is 23.7 Å². The van der Waals surface area contributed by atoms with Crippen LogP contribution in [0.2, 0.25) is 0 Å². The van der Waals surface area contributed by atoms with Gasteiger partial charge in [-0.2, -0.15) is 0 Å². The predicted molar refractivity (Wildman–Crippen MR) is 91.1 cm³/mol. The summed E-state index contributed by atoms with van der Waals surface area (Å²) in [6, 6.07) is 6.65. The van der Waals surface area contributed by atoms with Crippen molar-refractivity contribution in [2.24, 2.45) is 0 Å². The Balaban J connectivity index is 1.47. The predicted octanol–water partition coefficient (Wildman–Crippen LogP) is 0.891. The fourth-order valence-corrected chi connectivity index (χ4v) is 2.86. The van der Waals surface area contributed by atoms with E-state index in [2.05, 4.69) is 20.4 Å². The highest BCUT2D eigenvalue weighted by Crippen LogP contribution is 2.20. The van der Waals surface area contributed by atoms with Gasteiger partial charge in [0, 0.05) is 37.9 Å². The topological polar surface area (TPSA) is 84.9 Å². The molecule has 24 heavy (non-hydrogen) atoms. The molecular formula is C17H24N4O3. The molecular weight excluding hydrogens is 308 g/mol. The first kappa shape index (κ1) is 16.6. The van der Waals surface area contributed by atoms with E-state index in [0.717, 1.165) is 44.7 Å². The van der Waals surface area contributed by atoms with Crippen LogP contribution in [0.15, 0.2) is 24.3 Å². The van der Waals surface area contributed by atoms with Gasteiger partial charge in [0.1, 0.15) is 5.75 Å². The van der Waals surface area contributed by atoms with E-state index in [4.69, 9.17) is 0 Å². The Hall–Kier alpha value is -2.28. The third-order valence-corrected chi connectivity index (χ3v) is 4.61. The normalized spacial score (nSPS) is 19.6. The minimum Gasteiger partial charge on any atom is -0.508 e. The Kier molecular flexibility index (Phi) is 4.89. The third kappa shape index (κ3) is 4.17. The van der Waals surface area contributed by atoms with Gasteiger partial charge in [0.15, 0.2) is 0 Å². The molecule has 1 aromatic rings. The molecule has 1 aliphatic carbocycles. The van der Waals surface area contributed by atoms with Crippen LogP contribution in [-0.4, -0.2) is 60.2 Å². The number of amides is 3. The first-order valence-electron chi connectivity index (χ1n) is 8.42. The van der Waals surface area contributed by atoms with Crippen LogP contribution in [0.1, 0.15) is 19.8 Å². The van der Waals surface area contributed by atoms with E-state index in [0.29, 0.717) is 0 Å². The summed E-state index contributed by atoms with van der Waals surface area (Å²) >= 11 is 0. The van der Waals surface area contributed by atoms with E-state index < -0.39 is 6.03 Å². The molecule has 0 bridgehead atoms. The Labute approximate surface area is 141 Å². The van der Waals surface area contributed by atoms with Crippen molar-refractivity contribution in [3.05, 3.63) is 24.3 Å². The summed E-state index contributed by atoms with van der Waals surface area (Å²) in [5, 5.41) is 14.5. The van der Waals surface area contributed by atoms with Gasteiger partial charge in [-0.25, -0.2) is 4.79 Å². The van der Waals surface area contributed by atoms with Gasteiger partial charge in [0.2, 0.25) is 5.91 Å². The second kappa shape index (κ2) is 7.09. The summed E-state index contributed by atoms with van der Waals surface area (Å²) in [7, 11) is 0. The van der Waals surface area contributed by atoms with Gasteiger partial charge in [-0.05, 0) is 44.0 Å². The molecule has 2 aliphatic rings. The van der Waals surface area contributed by atoms with Crippen LogP contribution >= 0.6 is 0 Å². The minimum absolute atomic E-state index is 0.238. The highest BCUT2D eigenvalue weighted by molar-refractivity contribution is 5.97. The maximum Gasteiger partial charge on any atom is 0.321 e. The van der Waals surface area contributed by atoms with Gasteiger partial charge in [-0.1, -0.05) is 0 Å². The summed E-state index contributed by atoms with van der Waals surface area (Å²) in [6.45, 7) is 4.93. The molecule has 1 unspecified atom stereocenters. The minimum atomic E-state index is -0.392. The number of phenolic OH excluding ortho intramolecular Hbond substituents is 1. The van der Waals surface area contributed by atoms with Crippen LogP contribution < -0.4 is 15.5 Å². The van der Waals surface area contributed by atoms with Crippen molar-refractivity contribution >= 4 is 17.6 Å². The number of imide groups is 1. The molecule has 7 nitrogen and oxygen atoms in total. The zero-order valence-corrected chi connectivity index (χ0v) is 13.9. The summed E-state index contributed by atoms with van der Waals surface area (Å²) in [6.07, 6.45) is 1.99. The van der Waals surface area contributed by atoms with E-state index in [1.54, 1.807) is 12.1 Å². The molecule has 1 aliphatic heterocycles. The second-order valence-electron chi connectivity index (χ2n) is 6.45. The van der Waals surface area contributed by atoms with Gasteiger partial charge >= 0.3 is 6.03 Å². The summed E-state index contributed by atoms with van der Waals surface area (Å²) in [4.78, 5) is 28.2. The highest BCUT2D eigenvalue weighted by atomic mass is 16.3. The number of rotatable bonds is 4. The monoisotopic (exact) mass is 332 g/mol. The molecule has 1 aromatic carbocycles. The van der Waals surface area contributed by atoms with Crippen molar-refractivity contribution in [1.29, 1.82) is 0 Å². The fraction of sp³-hybridized carbons (Fsp3) is 0.529. The van der Waals surface area contributed by atoms with Crippen LogP contribution in [0.5, 0.6) is 5.75 Å². The number of carbonyl (C=O) groups excluding carboxylic acids is 2. The molecule has 3 N–H and O–H groups in total. The van der Waals surface area contributed by atoms with Crippen LogP contribution in [-0.2, 0) is 4.79 Å². The number of piperazine rings is 1. The number of carbonyl (C=O) groups is 2. The molecule has 2 fully saturated rings. The molecule has 0 radical (unpaired) electrons. The van der Waals surface area contributed by atoms with Crippen molar-refractivity contribution < 1.29 is 14.7 Å². The van der Waals surface area contributed by atoms with E-state index >= 15 is 0 Å². The average molecular weight is 332 g/mol. The van der Waals surface area contributed by atoms with Gasteiger partial charge in [0.05, 0.1) is 6.04 Å². The van der Waals surface area contributed by atoms with Crippen molar-refractivity contribution in [3.63, 3.8) is 0 Å². The quantitative estimate of drug-likeness (QED) is 0.762. The smallest absolute Gasteiger partial charge is 0.321 e. The van der Waals surface area contributed by atoms with Crippen molar-refractivity contribution in [1.82, 2.24) is 15.5 Å². The number of nitrogens with zero attached hydrogens (tertiary/aromatic N) is 2. The molecule has 1 heterocycles. The fourth-order valence-electron chi connectivity index (χ4n) is 2.86. The first-order chi connectivity index (χ1) is 11.5. The number of hydrogen-bond donors (Lipinski definition) is 3. The van der Waals surface area contributed by atoms with Crippen LogP contribution in [0.4, 0.5) is 10.5 Å². The van der Waals surface area contributed by atoms with Crippen molar-refractivity contribution in [2.75, 3.05) is 31.1 Å². The van der Waals surface area contributed by atoms with E-state index in [1.165, 1.54) is 0 Å². The number of nitrogens with one attached hydrogen (secondary N) is 2. The highest BCUT2D eigenvalue weighted by Gasteiger charge is 2.28. The largest absolute Gasteiger partial charge is 0.508 e. The maximum atomic E-state index is 12.2. The van der Waals surface area contributed by atoms with E-state index in [1.807, 2.05) is 19.1 Å². The van der Waals surface area contributed by atoms with E-state index in [9.17, 15) is 14.7 Å². The van der Waals surface area contributed by atoms with Gasteiger partial charge in [0.25, 0.3) is 0 Å². The summed E-state index contributed by atoms with van der Waals surface area (Å²) in [5.74, 6) is -0.00149. The molecule has 1 saturated heterocycles. The van der Waals surface area contributed by atoms with Gasteiger partial charge in [-0.15, -0.1) is 0 Å². The zero-order chi connectivity index (χ0) is 17.1. The Morgan fingerprint density at radius 3 is 2.33 bits per heavy atom. The molecule has 3 rings (SSSR count). The summed E-state index contributed by atoms with van der Waals surface area (Å²) in [5.41, 5.74) is 1.06.